The van der Waals surface area contributed by atoms with Gasteiger partial charge in [0.1, 0.15) is 5.75 Å². The van der Waals surface area contributed by atoms with Crippen molar-refractivity contribution in [2.45, 2.75) is 38.3 Å². The van der Waals surface area contributed by atoms with Gasteiger partial charge >= 0.3 is 5.97 Å². The van der Waals surface area contributed by atoms with E-state index >= 15 is 0 Å². The van der Waals surface area contributed by atoms with Gasteiger partial charge in [-0.15, -0.1) is 0 Å². The second-order valence-electron chi connectivity index (χ2n) is 5.90. The first-order valence-electron chi connectivity index (χ1n) is 8.11. The van der Waals surface area contributed by atoms with E-state index in [9.17, 15) is 9.59 Å². The van der Waals surface area contributed by atoms with Crippen molar-refractivity contribution in [2.75, 3.05) is 19.7 Å². The summed E-state index contributed by atoms with van der Waals surface area (Å²) >= 11 is 3.37. The fourth-order valence-electron chi connectivity index (χ4n) is 2.79. The maximum absolute atomic E-state index is 11.9. The second kappa shape index (κ2) is 9.03. The minimum absolute atomic E-state index is 0.0327. The monoisotopic (exact) mass is 398 g/mol. The van der Waals surface area contributed by atoms with Gasteiger partial charge in [-0.3, -0.25) is 14.5 Å². The Morgan fingerprint density at radius 1 is 1.42 bits per heavy atom. The summed E-state index contributed by atoms with van der Waals surface area (Å²) in [5.74, 6) is -0.114. The zero-order chi connectivity index (χ0) is 17.5. The minimum atomic E-state index is -0.811. The van der Waals surface area contributed by atoms with Crippen LogP contribution in [0.3, 0.4) is 0 Å². The van der Waals surface area contributed by atoms with Crippen LogP contribution in [-0.4, -0.2) is 53.7 Å². The van der Waals surface area contributed by atoms with E-state index in [1.807, 2.05) is 36.1 Å². The molecule has 1 aliphatic rings. The van der Waals surface area contributed by atoms with Gasteiger partial charge in [0, 0.05) is 16.6 Å². The van der Waals surface area contributed by atoms with Crippen LogP contribution in [0.25, 0.3) is 0 Å². The number of carbonyl (C=O) groups is 2. The predicted octanol–water partition coefficient (Wildman–Crippen LogP) is 2.27. The highest BCUT2D eigenvalue weighted by molar-refractivity contribution is 9.10. The second-order valence-corrected chi connectivity index (χ2v) is 6.82. The lowest BCUT2D eigenvalue weighted by Gasteiger charge is -2.42. The number of aliphatic carboxylic acids is 1. The molecule has 7 heteroatoms. The third-order valence-electron chi connectivity index (χ3n) is 4.13. The van der Waals surface area contributed by atoms with Crippen LogP contribution < -0.4 is 10.1 Å². The third kappa shape index (κ3) is 5.79. The normalized spacial score (nSPS) is 19.6. The van der Waals surface area contributed by atoms with Gasteiger partial charge in [0.25, 0.3) is 0 Å². The molecule has 2 rings (SSSR count). The van der Waals surface area contributed by atoms with Gasteiger partial charge in [-0.25, -0.2) is 0 Å². The first-order valence-corrected chi connectivity index (χ1v) is 8.90. The number of ether oxygens (including phenoxy) is 1. The summed E-state index contributed by atoms with van der Waals surface area (Å²) in [5.41, 5.74) is 0. The van der Waals surface area contributed by atoms with Gasteiger partial charge in [0.15, 0.2) is 0 Å². The number of nitrogens with zero attached hydrogens (tertiary/aromatic N) is 1. The van der Waals surface area contributed by atoms with E-state index in [0.29, 0.717) is 19.6 Å². The molecule has 1 aliphatic carbocycles. The van der Waals surface area contributed by atoms with E-state index in [0.717, 1.165) is 23.1 Å². The van der Waals surface area contributed by atoms with Crippen LogP contribution in [-0.2, 0) is 9.59 Å². The van der Waals surface area contributed by atoms with Gasteiger partial charge in [-0.05, 0) is 37.6 Å². The molecule has 1 amide bonds. The van der Waals surface area contributed by atoms with Crippen LogP contribution in [0, 0.1) is 0 Å². The molecule has 132 valence electrons. The number of nitrogens with one attached hydrogen (secondary N) is 1. The Balaban J connectivity index is 1.63. The fourth-order valence-corrected chi connectivity index (χ4v) is 3.17. The summed E-state index contributed by atoms with van der Waals surface area (Å²) in [6, 6.07) is 7.88. The fraction of sp³-hybridized carbons (Fsp3) is 0.529. The quantitative estimate of drug-likeness (QED) is 0.666. The van der Waals surface area contributed by atoms with Crippen LogP contribution >= 0.6 is 15.9 Å². The molecule has 0 aromatic heterocycles. The van der Waals surface area contributed by atoms with Crippen molar-refractivity contribution in [2.24, 2.45) is 0 Å². The number of likely N-dealkylation sites (N-methyl/N-ethyl adjacent to an activating group) is 1. The Morgan fingerprint density at radius 3 is 2.79 bits per heavy atom. The van der Waals surface area contributed by atoms with Gasteiger partial charge in [-0.2, -0.15) is 0 Å². The largest absolute Gasteiger partial charge is 0.493 e. The van der Waals surface area contributed by atoms with E-state index in [-0.39, 0.29) is 24.5 Å². The van der Waals surface area contributed by atoms with Crippen LogP contribution in [0.1, 0.15) is 26.2 Å². The molecule has 0 saturated heterocycles. The van der Waals surface area contributed by atoms with Gasteiger partial charge in [-0.1, -0.05) is 28.9 Å². The molecule has 0 aliphatic heterocycles. The topological polar surface area (TPSA) is 78.9 Å². The van der Waals surface area contributed by atoms with Crippen molar-refractivity contribution < 1.29 is 19.4 Å². The number of hydrogen-bond acceptors (Lipinski definition) is 4. The maximum atomic E-state index is 11.9. The number of hydrogen-bond donors (Lipinski definition) is 2. The van der Waals surface area contributed by atoms with Gasteiger partial charge < -0.3 is 15.2 Å². The number of rotatable bonds is 9. The lowest BCUT2D eigenvalue weighted by Crippen LogP contribution is -2.54. The summed E-state index contributed by atoms with van der Waals surface area (Å²) in [6.45, 7) is 3.05. The molecule has 0 unspecified atom stereocenters. The Kier molecular flexibility index (Phi) is 7.05. The number of carboxylic acids is 1. The summed E-state index contributed by atoms with van der Waals surface area (Å²) in [6.07, 6.45) is 1.92. The molecule has 1 fully saturated rings. The van der Waals surface area contributed by atoms with Crippen molar-refractivity contribution in [3.63, 3.8) is 0 Å². The first kappa shape index (κ1) is 18.7. The zero-order valence-electron chi connectivity index (χ0n) is 13.7. The van der Waals surface area contributed by atoms with E-state index in [4.69, 9.17) is 9.84 Å². The number of amides is 1. The van der Waals surface area contributed by atoms with Crippen LogP contribution in [0.4, 0.5) is 0 Å². The molecule has 6 nitrogen and oxygen atoms in total. The molecule has 24 heavy (non-hydrogen) atoms. The molecular weight excluding hydrogens is 376 g/mol. The van der Waals surface area contributed by atoms with Crippen molar-refractivity contribution in [3.8, 4) is 5.75 Å². The molecule has 1 aromatic rings. The molecule has 2 N–H and O–H groups in total. The lowest BCUT2D eigenvalue weighted by molar-refractivity contribution is -0.139. The van der Waals surface area contributed by atoms with E-state index in [1.165, 1.54) is 0 Å². The standard InChI is InChI=1S/C17H23BrN2O4/c1-2-20(11-17(22)23)14-9-13(10-14)19-16(21)6-7-24-15-5-3-4-12(18)8-15/h3-5,8,13-14H,2,6-7,9-11H2,1H3,(H,19,21)(H,22,23). The number of carboxylic acid groups (broad SMARTS) is 1. The number of benzene rings is 1. The Hall–Kier alpha value is -1.60. The predicted molar refractivity (Wildman–Crippen MR) is 94.1 cm³/mol. The number of carbonyl (C=O) groups excluding carboxylic acids is 1. The third-order valence-corrected chi connectivity index (χ3v) is 4.63. The van der Waals surface area contributed by atoms with Gasteiger partial charge in [0.2, 0.25) is 5.91 Å². The zero-order valence-corrected chi connectivity index (χ0v) is 15.3. The highest BCUT2D eigenvalue weighted by Gasteiger charge is 2.34. The van der Waals surface area contributed by atoms with E-state index in [1.54, 1.807) is 0 Å². The molecule has 1 saturated carbocycles. The highest BCUT2D eigenvalue weighted by atomic mass is 79.9. The van der Waals surface area contributed by atoms with Crippen molar-refractivity contribution >= 4 is 27.8 Å². The summed E-state index contributed by atoms with van der Waals surface area (Å²) in [7, 11) is 0. The summed E-state index contributed by atoms with van der Waals surface area (Å²) < 4.78 is 6.48. The van der Waals surface area contributed by atoms with Gasteiger partial charge in [0.05, 0.1) is 19.6 Å². The number of halogens is 1. The Morgan fingerprint density at radius 2 is 2.17 bits per heavy atom. The van der Waals surface area contributed by atoms with Crippen molar-refractivity contribution in [1.82, 2.24) is 10.2 Å². The van der Waals surface area contributed by atoms with Crippen molar-refractivity contribution in [1.29, 1.82) is 0 Å². The SMILES string of the molecule is CCN(CC(=O)O)C1CC(NC(=O)CCOc2cccc(Br)c2)C1. The smallest absolute Gasteiger partial charge is 0.317 e. The molecule has 0 atom stereocenters. The highest BCUT2D eigenvalue weighted by Crippen LogP contribution is 2.25. The first-order chi connectivity index (χ1) is 11.5. The molecular formula is C17H23BrN2O4. The Bertz CT molecular complexity index is 575. The molecule has 0 radical (unpaired) electrons. The average molecular weight is 399 g/mol. The Labute approximate surface area is 150 Å². The summed E-state index contributed by atoms with van der Waals surface area (Å²) in [4.78, 5) is 24.7. The maximum Gasteiger partial charge on any atom is 0.317 e. The van der Waals surface area contributed by atoms with Crippen LogP contribution in [0.5, 0.6) is 5.75 Å². The van der Waals surface area contributed by atoms with Crippen LogP contribution in [0.2, 0.25) is 0 Å². The lowest BCUT2D eigenvalue weighted by atomic mass is 9.85. The van der Waals surface area contributed by atoms with Crippen LogP contribution in [0.15, 0.2) is 28.7 Å². The molecule has 1 aromatic carbocycles. The molecule has 0 bridgehead atoms. The van der Waals surface area contributed by atoms with Crippen molar-refractivity contribution in [3.05, 3.63) is 28.7 Å². The molecule has 0 heterocycles. The minimum Gasteiger partial charge on any atom is -0.493 e. The van der Waals surface area contributed by atoms with E-state index < -0.39 is 5.97 Å². The molecule has 0 spiro atoms. The average Bonchev–Trinajstić information content (AvgIpc) is 2.48. The summed E-state index contributed by atoms with van der Waals surface area (Å²) in [5, 5.41) is 11.8. The van der Waals surface area contributed by atoms with E-state index in [2.05, 4.69) is 21.2 Å².